The number of carbonyl (C=O) groups is 1. The Hall–Kier alpha value is -1.83. The SMILES string of the molecule is CC[C@H]1CCCN(C(=O)c2ccc(-c3noc(C(F)(F)F)c3C)s2)C1. The molecule has 0 N–H and O–H groups in total. The van der Waals surface area contributed by atoms with E-state index >= 15 is 0 Å². The first-order valence-corrected chi connectivity index (χ1v) is 9.05. The van der Waals surface area contributed by atoms with Crippen LogP contribution in [0.2, 0.25) is 0 Å². The fourth-order valence-corrected chi connectivity index (χ4v) is 4.16. The van der Waals surface area contributed by atoms with E-state index in [9.17, 15) is 18.0 Å². The first-order valence-electron chi connectivity index (χ1n) is 8.24. The Morgan fingerprint density at radius 1 is 1.44 bits per heavy atom. The second-order valence-electron chi connectivity index (χ2n) is 6.31. The molecule has 0 aromatic carbocycles. The summed E-state index contributed by atoms with van der Waals surface area (Å²) in [5.41, 5.74) is 0.0822. The van der Waals surface area contributed by atoms with Crippen molar-refractivity contribution in [2.45, 2.75) is 39.3 Å². The second-order valence-corrected chi connectivity index (χ2v) is 7.40. The van der Waals surface area contributed by atoms with E-state index in [1.807, 2.05) is 4.90 Å². The van der Waals surface area contributed by atoms with Crippen molar-refractivity contribution in [2.24, 2.45) is 5.92 Å². The van der Waals surface area contributed by atoms with Gasteiger partial charge in [-0.2, -0.15) is 13.2 Å². The van der Waals surface area contributed by atoms with Crippen molar-refractivity contribution >= 4 is 17.2 Å². The molecule has 1 amide bonds. The largest absolute Gasteiger partial charge is 0.452 e. The molecule has 2 aromatic rings. The molecule has 0 aliphatic carbocycles. The molecule has 3 rings (SSSR count). The molecule has 2 aromatic heterocycles. The Kier molecular flexibility index (Phi) is 4.90. The number of nitrogens with zero attached hydrogens (tertiary/aromatic N) is 2. The predicted octanol–water partition coefficient (Wildman–Crippen LogP) is 4.99. The standard InChI is InChI=1S/C17H19F3N2O2S/c1-3-11-5-4-8-22(9-11)16(23)13-7-6-12(25-13)14-10(2)15(24-21-14)17(18,19)20/h6-7,11H,3-5,8-9H2,1-2H3/t11-/m0/s1. The average Bonchev–Trinajstić information content (AvgIpc) is 3.20. The third-order valence-corrected chi connectivity index (χ3v) is 5.70. The summed E-state index contributed by atoms with van der Waals surface area (Å²) in [4.78, 5) is 15.5. The Balaban J connectivity index is 1.81. The number of halogens is 3. The summed E-state index contributed by atoms with van der Waals surface area (Å²) in [5, 5.41) is 3.55. The quantitative estimate of drug-likeness (QED) is 0.762. The zero-order valence-corrected chi connectivity index (χ0v) is 14.8. The minimum absolute atomic E-state index is 0.0580. The molecule has 1 aliphatic rings. The van der Waals surface area contributed by atoms with Crippen LogP contribution in [-0.2, 0) is 6.18 Å². The van der Waals surface area contributed by atoms with Crippen molar-refractivity contribution in [2.75, 3.05) is 13.1 Å². The van der Waals surface area contributed by atoms with Gasteiger partial charge in [0.2, 0.25) is 5.76 Å². The number of hydrogen-bond donors (Lipinski definition) is 0. The smallest absolute Gasteiger partial charge is 0.351 e. The van der Waals surface area contributed by atoms with Gasteiger partial charge in [-0.05, 0) is 37.8 Å². The summed E-state index contributed by atoms with van der Waals surface area (Å²) < 4.78 is 43.0. The van der Waals surface area contributed by atoms with Crippen molar-refractivity contribution in [1.82, 2.24) is 10.1 Å². The van der Waals surface area contributed by atoms with Gasteiger partial charge in [-0.1, -0.05) is 18.5 Å². The third kappa shape index (κ3) is 3.58. The fourth-order valence-electron chi connectivity index (χ4n) is 3.15. The lowest BCUT2D eigenvalue weighted by Crippen LogP contribution is -2.39. The summed E-state index contributed by atoms with van der Waals surface area (Å²) in [5.74, 6) is -0.638. The normalized spacial score (nSPS) is 18.6. The van der Waals surface area contributed by atoms with Crippen LogP contribution in [0.1, 0.15) is 47.2 Å². The number of alkyl halides is 3. The molecule has 136 valence electrons. The summed E-state index contributed by atoms with van der Waals surface area (Å²) >= 11 is 1.15. The van der Waals surface area contributed by atoms with Gasteiger partial charge < -0.3 is 9.42 Å². The molecule has 1 saturated heterocycles. The maximum absolute atomic E-state index is 12.8. The highest BCUT2D eigenvalue weighted by atomic mass is 32.1. The molecule has 25 heavy (non-hydrogen) atoms. The highest BCUT2D eigenvalue weighted by molar-refractivity contribution is 7.17. The zero-order chi connectivity index (χ0) is 18.2. The average molecular weight is 372 g/mol. The van der Waals surface area contributed by atoms with Crippen molar-refractivity contribution in [3.63, 3.8) is 0 Å². The number of amides is 1. The number of thiophene rings is 1. The molecular weight excluding hydrogens is 353 g/mol. The lowest BCUT2D eigenvalue weighted by Gasteiger charge is -2.32. The summed E-state index contributed by atoms with van der Waals surface area (Å²) in [6, 6.07) is 3.28. The van der Waals surface area contributed by atoms with Gasteiger partial charge in [0, 0.05) is 18.7 Å². The van der Waals surface area contributed by atoms with E-state index in [1.165, 1.54) is 6.92 Å². The molecule has 0 radical (unpaired) electrons. The molecule has 0 bridgehead atoms. The number of likely N-dealkylation sites (tertiary alicyclic amines) is 1. The van der Waals surface area contributed by atoms with E-state index in [4.69, 9.17) is 0 Å². The first kappa shape index (κ1) is 18.0. The molecule has 1 fully saturated rings. The van der Waals surface area contributed by atoms with E-state index in [-0.39, 0.29) is 17.2 Å². The molecule has 3 heterocycles. The van der Waals surface area contributed by atoms with Gasteiger partial charge in [-0.15, -0.1) is 11.3 Å². The molecule has 0 spiro atoms. The highest BCUT2D eigenvalue weighted by Gasteiger charge is 2.39. The molecule has 4 nitrogen and oxygen atoms in total. The van der Waals surface area contributed by atoms with E-state index in [1.54, 1.807) is 12.1 Å². The van der Waals surface area contributed by atoms with Crippen LogP contribution in [0.3, 0.4) is 0 Å². The molecule has 8 heteroatoms. The minimum Gasteiger partial charge on any atom is -0.351 e. The molecular formula is C17H19F3N2O2S. The van der Waals surface area contributed by atoms with Gasteiger partial charge in [-0.25, -0.2) is 0 Å². The van der Waals surface area contributed by atoms with Crippen molar-refractivity contribution in [1.29, 1.82) is 0 Å². The number of piperidine rings is 1. The maximum Gasteiger partial charge on any atom is 0.452 e. The predicted molar refractivity (Wildman–Crippen MR) is 88.5 cm³/mol. The number of rotatable bonds is 3. The highest BCUT2D eigenvalue weighted by Crippen LogP contribution is 2.38. The summed E-state index contributed by atoms with van der Waals surface area (Å²) in [7, 11) is 0. The van der Waals surface area contributed by atoms with Crippen LogP contribution in [0.4, 0.5) is 13.2 Å². The third-order valence-electron chi connectivity index (χ3n) is 4.62. The zero-order valence-electron chi connectivity index (χ0n) is 14.0. The van der Waals surface area contributed by atoms with Crippen LogP contribution in [0.25, 0.3) is 10.6 Å². The lowest BCUT2D eigenvalue weighted by atomic mass is 9.95. The van der Waals surface area contributed by atoms with E-state index < -0.39 is 11.9 Å². The van der Waals surface area contributed by atoms with Crippen LogP contribution in [0, 0.1) is 12.8 Å². The van der Waals surface area contributed by atoms with Crippen LogP contribution in [0.5, 0.6) is 0 Å². The number of carbonyl (C=O) groups excluding carboxylic acids is 1. The Labute approximate surface area is 147 Å². The van der Waals surface area contributed by atoms with Gasteiger partial charge in [-0.3, -0.25) is 4.79 Å². The van der Waals surface area contributed by atoms with Gasteiger partial charge in [0.25, 0.3) is 5.91 Å². The van der Waals surface area contributed by atoms with Gasteiger partial charge in [0.1, 0.15) is 5.69 Å². The molecule has 1 atom stereocenters. The van der Waals surface area contributed by atoms with Crippen LogP contribution in [0.15, 0.2) is 16.7 Å². The minimum atomic E-state index is -4.58. The maximum atomic E-state index is 12.8. The number of aromatic nitrogens is 1. The molecule has 0 unspecified atom stereocenters. The lowest BCUT2D eigenvalue weighted by molar-refractivity contribution is -0.156. The Morgan fingerprint density at radius 2 is 2.20 bits per heavy atom. The fraction of sp³-hybridized carbons (Fsp3) is 0.529. The van der Waals surface area contributed by atoms with Gasteiger partial charge in [0.15, 0.2) is 0 Å². The van der Waals surface area contributed by atoms with E-state index in [0.717, 1.165) is 43.7 Å². The molecule has 1 aliphatic heterocycles. The van der Waals surface area contributed by atoms with E-state index in [0.29, 0.717) is 15.7 Å². The first-order chi connectivity index (χ1) is 11.8. The van der Waals surface area contributed by atoms with Crippen LogP contribution in [-0.4, -0.2) is 29.1 Å². The summed E-state index contributed by atoms with van der Waals surface area (Å²) in [6.07, 6.45) is -1.42. The van der Waals surface area contributed by atoms with Crippen molar-refractivity contribution < 1.29 is 22.5 Å². The molecule has 0 saturated carbocycles. The van der Waals surface area contributed by atoms with E-state index in [2.05, 4.69) is 16.6 Å². The van der Waals surface area contributed by atoms with Gasteiger partial charge in [0.05, 0.1) is 9.75 Å². The van der Waals surface area contributed by atoms with Gasteiger partial charge >= 0.3 is 6.18 Å². The Morgan fingerprint density at radius 3 is 2.84 bits per heavy atom. The second kappa shape index (κ2) is 6.82. The van der Waals surface area contributed by atoms with Crippen molar-refractivity contribution in [3.8, 4) is 10.6 Å². The topological polar surface area (TPSA) is 46.3 Å². The monoisotopic (exact) mass is 372 g/mol. The number of hydrogen-bond acceptors (Lipinski definition) is 4. The van der Waals surface area contributed by atoms with Crippen LogP contribution >= 0.6 is 11.3 Å². The Bertz CT molecular complexity index is 766. The summed E-state index contributed by atoms with van der Waals surface area (Å²) in [6.45, 7) is 4.91. The van der Waals surface area contributed by atoms with Crippen LogP contribution < -0.4 is 0 Å². The van der Waals surface area contributed by atoms with Crippen molar-refractivity contribution in [3.05, 3.63) is 28.3 Å².